The number of amides is 1. The molecule has 0 bridgehead atoms. The number of nitrogens with zero attached hydrogens (tertiary/aromatic N) is 3. The molecule has 1 aliphatic rings. The fourth-order valence-electron chi connectivity index (χ4n) is 5.14. The normalized spacial score (nSPS) is 13.7. The van der Waals surface area contributed by atoms with Crippen LogP contribution >= 0.6 is 0 Å². The molecule has 9 nitrogen and oxygen atoms in total. The van der Waals surface area contributed by atoms with E-state index in [0.717, 1.165) is 12.0 Å². The number of carbonyl (C=O) groups is 2. The average molecular weight is 554 g/mol. The van der Waals surface area contributed by atoms with Crippen LogP contribution in [0, 0.1) is 6.92 Å². The molecule has 1 N–H and O–H groups in total. The molecule has 0 saturated carbocycles. The van der Waals surface area contributed by atoms with E-state index < -0.39 is 17.7 Å². The Hall–Kier alpha value is -4.76. The number of ether oxygens (including phenoxy) is 3. The highest BCUT2D eigenvalue weighted by Crippen LogP contribution is 2.39. The molecule has 1 aromatic heterocycles. The maximum absolute atomic E-state index is 13.6. The maximum Gasteiger partial charge on any atom is 0.348 e. The Kier molecular flexibility index (Phi) is 8.26. The van der Waals surface area contributed by atoms with Crippen molar-refractivity contribution in [2.75, 3.05) is 20.3 Å². The van der Waals surface area contributed by atoms with Gasteiger partial charge >= 0.3 is 12.0 Å². The number of hydrogen-bond acceptors (Lipinski definition) is 7. The highest BCUT2D eigenvalue weighted by atomic mass is 16.6. The molecule has 4 aromatic rings. The van der Waals surface area contributed by atoms with Crippen LogP contribution in [0.5, 0.6) is 11.9 Å². The summed E-state index contributed by atoms with van der Waals surface area (Å²) in [5, 5.41) is 10.6. The molecule has 9 heteroatoms. The Balaban J connectivity index is 1.56. The summed E-state index contributed by atoms with van der Waals surface area (Å²) in [6.45, 7) is 2.34. The highest BCUT2D eigenvalue weighted by Gasteiger charge is 2.51. The third kappa shape index (κ3) is 5.90. The molecule has 0 aliphatic carbocycles. The second kappa shape index (κ2) is 12.2. The van der Waals surface area contributed by atoms with Crippen LogP contribution in [0.1, 0.15) is 27.9 Å². The van der Waals surface area contributed by atoms with E-state index in [-0.39, 0.29) is 24.4 Å². The molecule has 41 heavy (non-hydrogen) atoms. The lowest BCUT2D eigenvalue weighted by Gasteiger charge is -2.39. The monoisotopic (exact) mass is 553 g/mol. The van der Waals surface area contributed by atoms with Gasteiger partial charge in [0.05, 0.1) is 7.11 Å². The van der Waals surface area contributed by atoms with Gasteiger partial charge in [0.25, 0.3) is 0 Å². The largest absolute Gasteiger partial charge is 0.481 e. The molecular weight excluding hydrogens is 522 g/mol. The number of methoxy groups -OCH3 is 1. The van der Waals surface area contributed by atoms with Gasteiger partial charge in [0, 0.05) is 24.8 Å². The number of rotatable bonds is 10. The zero-order valence-electron chi connectivity index (χ0n) is 22.9. The predicted molar refractivity (Wildman–Crippen MR) is 151 cm³/mol. The average Bonchev–Trinajstić information content (AvgIpc) is 3.01. The molecule has 1 atom stereocenters. The summed E-state index contributed by atoms with van der Waals surface area (Å²) in [5.41, 5.74) is 2.08. The summed E-state index contributed by atoms with van der Waals surface area (Å²) in [6.07, 6.45) is -0.939. The lowest BCUT2D eigenvalue weighted by molar-refractivity contribution is -0.169. The van der Waals surface area contributed by atoms with Crippen LogP contribution in [0.2, 0.25) is 0 Å². The first-order valence-corrected chi connectivity index (χ1v) is 13.3. The summed E-state index contributed by atoms with van der Waals surface area (Å²) >= 11 is 0. The van der Waals surface area contributed by atoms with Gasteiger partial charge in [0.2, 0.25) is 17.9 Å². The highest BCUT2D eigenvalue weighted by molar-refractivity contribution is 5.79. The summed E-state index contributed by atoms with van der Waals surface area (Å²) < 4.78 is 17.8. The second-order valence-electron chi connectivity index (χ2n) is 9.76. The van der Waals surface area contributed by atoms with Gasteiger partial charge in [-0.3, -0.25) is 4.79 Å². The number of carboxylic acid groups (broad SMARTS) is 1. The van der Waals surface area contributed by atoms with E-state index in [4.69, 9.17) is 14.2 Å². The molecule has 1 unspecified atom stereocenters. The summed E-state index contributed by atoms with van der Waals surface area (Å²) in [4.78, 5) is 36.8. The minimum absolute atomic E-state index is 0.187. The van der Waals surface area contributed by atoms with Gasteiger partial charge in [-0.2, -0.15) is 4.98 Å². The molecule has 0 spiro atoms. The van der Waals surface area contributed by atoms with Crippen molar-refractivity contribution >= 4 is 11.9 Å². The van der Waals surface area contributed by atoms with Crippen molar-refractivity contribution in [3.63, 3.8) is 0 Å². The predicted octanol–water partition coefficient (Wildman–Crippen LogP) is 4.17. The van der Waals surface area contributed by atoms with Crippen LogP contribution < -0.4 is 9.47 Å². The topological polar surface area (TPSA) is 111 Å². The number of carboxylic acids is 1. The molecule has 0 fully saturated rings. The third-order valence-electron chi connectivity index (χ3n) is 7.15. The van der Waals surface area contributed by atoms with Crippen molar-refractivity contribution in [3.8, 4) is 11.9 Å². The minimum atomic E-state index is -1.74. The van der Waals surface area contributed by atoms with Crippen LogP contribution in [-0.2, 0) is 32.9 Å². The Morgan fingerprint density at radius 3 is 2.15 bits per heavy atom. The standard InChI is InChI=1S/C32H31N3O6/c1-22-19-27(39-2)34-31(33-22)41-29(30(37)38)32(25-13-5-3-6-14-25,26-15-7-4-8-16-26)40-21-28(36)35-18-17-23-11-9-10-12-24(23)20-35/h3-16,19,29H,17-18,20-21H2,1-2H3,(H,37,38). The van der Waals surface area contributed by atoms with E-state index in [1.807, 2.05) is 30.3 Å². The molecule has 1 amide bonds. The van der Waals surface area contributed by atoms with Crippen LogP contribution in [0.3, 0.4) is 0 Å². The van der Waals surface area contributed by atoms with Gasteiger partial charge in [-0.15, -0.1) is 0 Å². The molecule has 5 rings (SSSR count). The van der Waals surface area contributed by atoms with Crippen molar-refractivity contribution in [1.82, 2.24) is 14.9 Å². The van der Waals surface area contributed by atoms with Gasteiger partial charge in [0.1, 0.15) is 6.61 Å². The van der Waals surface area contributed by atoms with E-state index in [9.17, 15) is 14.7 Å². The van der Waals surface area contributed by atoms with E-state index in [1.165, 1.54) is 12.7 Å². The van der Waals surface area contributed by atoms with Crippen LogP contribution in [-0.4, -0.2) is 58.2 Å². The molecule has 210 valence electrons. The minimum Gasteiger partial charge on any atom is -0.481 e. The Bertz CT molecular complexity index is 1470. The molecule has 3 aromatic carbocycles. The fourth-order valence-corrected chi connectivity index (χ4v) is 5.14. The Morgan fingerprint density at radius 2 is 1.54 bits per heavy atom. The number of carbonyl (C=O) groups excluding carboxylic acids is 1. The zero-order chi connectivity index (χ0) is 28.8. The van der Waals surface area contributed by atoms with Gasteiger partial charge in [-0.1, -0.05) is 84.9 Å². The van der Waals surface area contributed by atoms with Crippen molar-refractivity contribution in [2.45, 2.75) is 31.6 Å². The number of hydrogen-bond donors (Lipinski definition) is 1. The van der Waals surface area contributed by atoms with Crippen molar-refractivity contribution in [2.24, 2.45) is 0 Å². The molecule has 1 aliphatic heterocycles. The lowest BCUT2D eigenvalue weighted by Crippen LogP contribution is -2.52. The third-order valence-corrected chi connectivity index (χ3v) is 7.15. The van der Waals surface area contributed by atoms with Crippen molar-refractivity contribution < 1.29 is 28.9 Å². The number of fused-ring (bicyclic) bond motifs is 1. The van der Waals surface area contributed by atoms with Crippen molar-refractivity contribution in [3.05, 3.63) is 119 Å². The molecular formula is C32H31N3O6. The molecule has 0 saturated heterocycles. The smallest absolute Gasteiger partial charge is 0.348 e. The first kappa shape index (κ1) is 27.8. The Morgan fingerprint density at radius 1 is 0.927 bits per heavy atom. The Labute approximate surface area is 238 Å². The van der Waals surface area contributed by atoms with Crippen LogP contribution in [0.15, 0.2) is 91.0 Å². The van der Waals surface area contributed by atoms with Gasteiger partial charge < -0.3 is 24.2 Å². The molecule has 0 radical (unpaired) electrons. The summed E-state index contributed by atoms with van der Waals surface area (Å²) in [5.74, 6) is -1.35. The lowest BCUT2D eigenvalue weighted by atomic mass is 9.81. The fraction of sp³-hybridized carbons (Fsp3) is 0.250. The zero-order valence-corrected chi connectivity index (χ0v) is 22.9. The summed E-state index contributed by atoms with van der Waals surface area (Å²) in [6, 6.07) is 27.2. The van der Waals surface area contributed by atoms with E-state index in [1.54, 1.807) is 66.4 Å². The SMILES string of the molecule is COc1cc(C)nc(OC(C(=O)O)C(OCC(=O)N2CCc3ccccc3C2)(c2ccccc2)c2ccccc2)n1. The second-order valence-corrected chi connectivity index (χ2v) is 9.76. The quantitative estimate of drug-likeness (QED) is 0.312. The van der Waals surface area contributed by atoms with E-state index >= 15 is 0 Å². The van der Waals surface area contributed by atoms with Gasteiger partial charge in [0.15, 0.2) is 5.60 Å². The molecule has 2 heterocycles. The van der Waals surface area contributed by atoms with Crippen molar-refractivity contribution in [1.29, 1.82) is 0 Å². The number of aromatic nitrogens is 2. The number of aliphatic carboxylic acids is 1. The van der Waals surface area contributed by atoms with Crippen LogP contribution in [0.25, 0.3) is 0 Å². The van der Waals surface area contributed by atoms with E-state index in [0.29, 0.717) is 29.9 Å². The maximum atomic E-state index is 13.6. The van der Waals surface area contributed by atoms with E-state index in [2.05, 4.69) is 16.0 Å². The number of benzene rings is 3. The van der Waals surface area contributed by atoms with Gasteiger partial charge in [-0.25, -0.2) is 9.78 Å². The van der Waals surface area contributed by atoms with Crippen LogP contribution in [0.4, 0.5) is 0 Å². The summed E-state index contributed by atoms with van der Waals surface area (Å²) in [7, 11) is 1.45. The first-order valence-electron chi connectivity index (χ1n) is 13.3. The van der Waals surface area contributed by atoms with Gasteiger partial charge in [-0.05, 0) is 35.6 Å². The first-order chi connectivity index (χ1) is 19.9. The number of aryl methyl sites for hydroxylation is 1.